The first-order valence-electron chi connectivity index (χ1n) is 8.04. The molecule has 2 amide bonds. The Hall–Kier alpha value is -3.54. The zero-order chi connectivity index (χ0) is 18.5. The lowest BCUT2D eigenvalue weighted by Gasteiger charge is -2.11. The number of fused-ring (bicyclic) bond motifs is 1. The molecule has 0 aliphatic heterocycles. The van der Waals surface area contributed by atoms with Gasteiger partial charge in [0.15, 0.2) is 6.61 Å². The number of hydrogen-bond acceptors (Lipinski definition) is 4. The van der Waals surface area contributed by atoms with Gasteiger partial charge in [0.2, 0.25) is 0 Å². The minimum atomic E-state index is -0.607. The van der Waals surface area contributed by atoms with Crippen LogP contribution in [0.15, 0.2) is 60.7 Å². The van der Waals surface area contributed by atoms with Gasteiger partial charge in [-0.1, -0.05) is 48.5 Å². The maximum absolute atomic E-state index is 12.0. The van der Waals surface area contributed by atoms with Gasteiger partial charge in [0.05, 0.1) is 5.56 Å². The van der Waals surface area contributed by atoms with Crippen molar-refractivity contribution in [3.63, 3.8) is 0 Å². The molecule has 0 saturated carbocycles. The monoisotopic (exact) mass is 350 g/mol. The minimum absolute atomic E-state index is 0.0836. The molecule has 0 heterocycles. The Morgan fingerprint density at radius 1 is 0.962 bits per heavy atom. The number of para-hydroxylation sites is 1. The number of phenols is 1. The third kappa shape index (κ3) is 3.75. The van der Waals surface area contributed by atoms with Crippen molar-refractivity contribution in [2.24, 2.45) is 0 Å². The van der Waals surface area contributed by atoms with Crippen molar-refractivity contribution in [1.29, 1.82) is 0 Å². The smallest absolute Gasteiger partial charge is 0.276 e. The maximum atomic E-state index is 12.0. The molecule has 0 aliphatic carbocycles. The Bertz CT molecular complexity index is 964. The highest BCUT2D eigenvalue weighted by Crippen LogP contribution is 2.25. The van der Waals surface area contributed by atoms with E-state index in [1.165, 1.54) is 6.07 Å². The quantitative estimate of drug-likeness (QED) is 0.631. The van der Waals surface area contributed by atoms with Crippen LogP contribution in [0.4, 0.5) is 0 Å². The molecule has 3 rings (SSSR count). The van der Waals surface area contributed by atoms with Crippen LogP contribution >= 0.6 is 0 Å². The highest BCUT2D eigenvalue weighted by atomic mass is 16.5. The summed E-state index contributed by atoms with van der Waals surface area (Å²) in [4.78, 5) is 24.0. The van der Waals surface area contributed by atoms with Gasteiger partial charge in [0.25, 0.3) is 11.8 Å². The molecular formula is C20H18N2O4. The first kappa shape index (κ1) is 17.3. The van der Waals surface area contributed by atoms with E-state index >= 15 is 0 Å². The predicted octanol–water partition coefficient (Wildman–Crippen LogP) is 2.69. The van der Waals surface area contributed by atoms with Crippen LogP contribution in [0.5, 0.6) is 11.5 Å². The fourth-order valence-electron chi connectivity index (χ4n) is 2.54. The summed E-state index contributed by atoms with van der Waals surface area (Å²) in [6, 6.07) is 18.1. The van der Waals surface area contributed by atoms with Crippen molar-refractivity contribution >= 4 is 22.6 Å². The number of ether oxygens (including phenoxy) is 1. The lowest BCUT2D eigenvalue weighted by atomic mass is 10.1. The molecule has 132 valence electrons. The summed E-state index contributed by atoms with van der Waals surface area (Å²) >= 11 is 0. The number of rotatable bonds is 4. The fourth-order valence-corrected chi connectivity index (χ4v) is 2.54. The number of benzene rings is 3. The second kappa shape index (κ2) is 7.57. The molecular weight excluding hydrogens is 332 g/mol. The van der Waals surface area contributed by atoms with E-state index in [1.807, 2.05) is 36.4 Å². The summed E-state index contributed by atoms with van der Waals surface area (Å²) in [7, 11) is 0. The van der Waals surface area contributed by atoms with Crippen molar-refractivity contribution < 1.29 is 19.4 Å². The van der Waals surface area contributed by atoms with Crippen LogP contribution in [0.25, 0.3) is 10.8 Å². The van der Waals surface area contributed by atoms with Gasteiger partial charge >= 0.3 is 0 Å². The number of carbonyl (C=O) groups excluding carboxylic acids is 2. The number of nitrogens with one attached hydrogen (secondary N) is 2. The summed E-state index contributed by atoms with van der Waals surface area (Å²) < 4.78 is 5.55. The van der Waals surface area contributed by atoms with Gasteiger partial charge in [0.1, 0.15) is 11.5 Å². The SMILES string of the molecule is Cc1cccc(C(=O)NNC(=O)COc2cccc3ccccc23)c1O. The zero-order valence-electron chi connectivity index (χ0n) is 14.2. The molecule has 0 saturated heterocycles. The Balaban J connectivity index is 1.57. The Labute approximate surface area is 150 Å². The molecule has 26 heavy (non-hydrogen) atoms. The Morgan fingerprint density at radius 2 is 1.69 bits per heavy atom. The summed E-state index contributed by atoms with van der Waals surface area (Å²) in [5.74, 6) is -0.657. The van der Waals surface area contributed by atoms with Gasteiger partial charge in [-0.25, -0.2) is 0 Å². The van der Waals surface area contributed by atoms with Crippen LogP contribution in [0.2, 0.25) is 0 Å². The molecule has 3 aromatic carbocycles. The minimum Gasteiger partial charge on any atom is -0.507 e. The molecule has 3 N–H and O–H groups in total. The first-order valence-corrected chi connectivity index (χ1v) is 8.04. The number of phenolic OH excluding ortho intramolecular Hbond substituents is 1. The molecule has 0 unspecified atom stereocenters. The lowest BCUT2D eigenvalue weighted by molar-refractivity contribution is -0.123. The number of carbonyl (C=O) groups is 2. The maximum Gasteiger partial charge on any atom is 0.276 e. The molecule has 0 radical (unpaired) electrons. The fraction of sp³-hybridized carbons (Fsp3) is 0.100. The van der Waals surface area contributed by atoms with Crippen molar-refractivity contribution in [1.82, 2.24) is 10.9 Å². The summed E-state index contributed by atoms with van der Waals surface area (Å²) in [5, 5.41) is 11.8. The Morgan fingerprint density at radius 3 is 2.54 bits per heavy atom. The van der Waals surface area contributed by atoms with E-state index in [2.05, 4.69) is 10.9 Å². The van der Waals surface area contributed by atoms with Crippen LogP contribution in [-0.2, 0) is 4.79 Å². The molecule has 0 fully saturated rings. The normalized spacial score (nSPS) is 10.3. The Kier molecular flexibility index (Phi) is 5.03. The van der Waals surface area contributed by atoms with E-state index in [9.17, 15) is 14.7 Å². The lowest BCUT2D eigenvalue weighted by Crippen LogP contribution is -2.43. The highest BCUT2D eigenvalue weighted by molar-refractivity contribution is 5.98. The van der Waals surface area contributed by atoms with Crippen molar-refractivity contribution in [2.45, 2.75) is 6.92 Å². The number of aryl methyl sites for hydroxylation is 1. The molecule has 0 bridgehead atoms. The number of aromatic hydroxyl groups is 1. The van der Waals surface area contributed by atoms with Gasteiger partial charge < -0.3 is 9.84 Å². The molecule has 6 heteroatoms. The molecule has 0 atom stereocenters. The first-order chi connectivity index (χ1) is 12.6. The van der Waals surface area contributed by atoms with Gasteiger partial charge in [-0.15, -0.1) is 0 Å². The van der Waals surface area contributed by atoms with E-state index in [1.54, 1.807) is 25.1 Å². The second-order valence-corrected chi connectivity index (χ2v) is 5.74. The highest BCUT2D eigenvalue weighted by Gasteiger charge is 2.13. The summed E-state index contributed by atoms with van der Waals surface area (Å²) in [5.41, 5.74) is 5.19. The van der Waals surface area contributed by atoms with E-state index in [4.69, 9.17) is 4.74 Å². The third-order valence-corrected chi connectivity index (χ3v) is 3.91. The van der Waals surface area contributed by atoms with Gasteiger partial charge in [-0.2, -0.15) is 0 Å². The average Bonchev–Trinajstić information content (AvgIpc) is 2.66. The van der Waals surface area contributed by atoms with Crippen LogP contribution < -0.4 is 15.6 Å². The molecule has 0 aromatic heterocycles. The van der Waals surface area contributed by atoms with Crippen LogP contribution in [0.1, 0.15) is 15.9 Å². The number of amides is 2. The standard InChI is InChI=1S/C20H18N2O4/c1-13-6-4-10-16(19(13)24)20(25)22-21-18(23)12-26-17-11-5-8-14-7-2-3-9-15(14)17/h2-11,24H,12H2,1H3,(H,21,23)(H,22,25). The van der Waals surface area contributed by atoms with E-state index in [0.717, 1.165) is 10.8 Å². The molecule has 3 aromatic rings. The molecule has 6 nitrogen and oxygen atoms in total. The average molecular weight is 350 g/mol. The largest absolute Gasteiger partial charge is 0.507 e. The van der Waals surface area contributed by atoms with E-state index < -0.39 is 11.8 Å². The van der Waals surface area contributed by atoms with E-state index in [0.29, 0.717) is 11.3 Å². The van der Waals surface area contributed by atoms with Gasteiger partial charge in [-0.3, -0.25) is 20.4 Å². The van der Waals surface area contributed by atoms with Crippen LogP contribution in [-0.4, -0.2) is 23.5 Å². The van der Waals surface area contributed by atoms with Crippen molar-refractivity contribution in [3.05, 3.63) is 71.8 Å². The van der Waals surface area contributed by atoms with Crippen LogP contribution in [0.3, 0.4) is 0 Å². The van der Waals surface area contributed by atoms with Gasteiger partial charge in [0, 0.05) is 5.39 Å². The summed E-state index contributed by atoms with van der Waals surface area (Å²) in [6.07, 6.45) is 0. The summed E-state index contributed by atoms with van der Waals surface area (Å²) in [6.45, 7) is 1.43. The molecule has 0 spiro atoms. The second-order valence-electron chi connectivity index (χ2n) is 5.74. The van der Waals surface area contributed by atoms with Crippen molar-refractivity contribution in [2.75, 3.05) is 6.61 Å². The third-order valence-electron chi connectivity index (χ3n) is 3.91. The van der Waals surface area contributed by atoms with E-state index in [-0.39, 0.29) is 17.9 Å². The van der Waals surface area contributed by atoms with Crippen LogP contribution in [0, 0.1) is 6.92 Å². The topological polar surface area (TPSA) is 87.7 Å². The number of hydrazine groups is 1. The predicted molar refractivity (Wildman–Crippen MR) is 97.9 cm³/mol. The zero-order valence-corrected chi connectivity index (χ0v) is 14.2. The van der Waals surface area contributed by atoms with Crippen molar-refractivity contribution in [3.8, 4) is 11.5 Å². The van der Waals surface area contributed by atoms with Gasteiger partial charge in [-0.05, 0) is 30.0 Å². The number of hydrogen-bond donors (Lipinski definition) is 3. The molecule has 0 aliphatic rings.